The average Bonchev–Trinajstić information content (AvgIpc) is 2.59. The molecule has 0 saturated carbocycles. The van der Waals surface area contributed by atoms with E-state index >= 15 is 0 Å². The van der Waals surface area contributed by atoms with E-state index < -0.39 is 0 Å². The van der Waals surface area contributed by atoms with Gasteiger partial charge < -0.3 is 10.6 Å². The lowest BCUT2D eigenvalue weighted by Gasteiger charge is -2.34. The minimum atomic E-state index is 0.124. The van der Waals surface area contributed by atoms with Crippen molar-refractivity contribution in [1.29, 1.82) is 0 Å². The molecule has 2 aromatic rings. The first kappa shape index (κ1) is 18.9. The van der Waals surface area contributed by atoms with Crippen LogP contribution >= 0.6 is 23.8 Å². The van der Waals surface area contributed by atoms with Gasteiger partial charge in [0.15, 0.2) is 0 Å². The quantitative estimate of drug-likeness (QED) is 0.746. The summed E-state index contributed by atoms with van der Waals surface area (Å²) in [6, 6.07) is 16.7. The Balaban J connectivity index is 0.000000647. The zero-order valence-corrected chi connectivity index (χ0v) is 16.0. The maximum absolute atomic E-state index is 6.00. The fraction of sp³-hybridized carbons (Fsp3) is 0.350. The summed E-state index contributed by atoms with van der Waals surface area (Å²) in [5.74, 6) is 0.338. The van der Waals surface area contributed by atoms with E-state index in [4.69, 9.17) is 23.8 Å². The van der Waals surface area contributed by atoms with Crippen molar-refractivity contribution < 1.29 is 0 Å². The van der Waals surface area contributed by atoms with Crippen LogP contribution in [-0.4, -0.2) is 19.1 Å². The monoisotopic (exact) mass is 360 g/mol. The molecule has 3 rings (SSSR count). The second-order valence-corrected chi connectivity index (χ2v) is 6.84. The molecule has 2 nitrogen and oxygen atoms in total. The topological polar surface area (TPSA) is 24.1 Å². The standard InChI is InChI=1S/C18H18ClNS.C2H7N/c1-2-5-16-14-6-3-4-7-15(14)17(20-18(16)21)12-8-10-13(19)11-9-12;1-3-2/h3-4,6-11,16-17H,2,5H2,1H3,(H,20,21);3H,1-2H3. The van der Waals surface area contributed by atoms with Crippen LogP contribution in [0, 0.1) is 0 Å². The van der Waals surface area contributed by atoms with E-state index in [1.165, 1.54) is 16.7 Å². The third-order valence-corrected chi connectivity index (χ3v) is 4.72. The van der Waals surface area contributed by atoms with Gasteiger partial charge in [0.1, 0.15) is 0 Å². The molecule has 128 valence electrons. The minimum Gasteiger partial charge on any atom is -0.368 e. The summed E-state index contributed by atoms with van der Waals surface area (Å²) in [6.07, 6.45) is 2.22. The summed E-state index contributed by atoms with van der Waals surface area (Å²) in [7, 11) is 3.75. The number of hydrogen-bond donors (Lipinski definition) is 2. The van der Waals surface area contributed by atoms with E-state index in [-0.39, 0.29) is 6.04 Å². The van der Waals surface area contributed by atoms with E-state index in [9.17, 15) is 0 Å². The van der Waals surface area contributed by atoms with Gasteiger partial charge in [-0.3, -0.25) is 0 Å². The Labute approximate surface area is 155 Å². The lowest BCUT2D eigenvalue weighted by atomic mass is 9.82. The first-order valence-electron chi connectivity index (χ1n) is 8.35. The molecule has 24 heavy (non-hydrogen) atoms. The van der Waals surface area contributed by atoms with Crippen molar-refractivity contribution in [3.05, 3.63) is 70.2 Å². The van der Waals surface area contributed by atoms with Gasteiger partial charge in [-0.1, -0.05) is 73.6 Å². The fourth-order valence-corrected chi connectivity index (χ4v) is 3.54. The van der Waals surface area contributed by atoms with E-state index in [0.29, 0.717) is 5.92 Å². The first-order chi connectivity index (χ1) is 11.6. The largest absolute Gasteiger partial charge is 0.368 e. The van der Waals surface area contributed by atoms with Crippen molar-refractivity contribution in [2.24, 2.45) is 0 Å². The molecule has 0 spiro atoms. The van der Waals surface area contributed by atoms with Crippen LogP contribution < -0.4 is 10.6 Å². The second kappa shape index (κ2) is 9.16. The van der Waals surface area contributed by atoms with Gasteiger partial charge >= 0.3 is 0 Å². The Bertz CT molecular complexity index is 670. The van der Waals surface area contributed by atoms with Crippen LogP contribution in [0.3, 0.4) is 0 Å². The van der Waals surface area contributed by atoms with Crippen LogP contribution in [0.15, 0.2) is 48.5 Å². The summed E-state index contributed by atoms with van der Waals surface area (Å²) in [4.78, 5) is 0.954. The summed E-state index contributed by atoms with van der Waals surface area (Å²) < 4.78 is 0. The Kier molecular flexibility index (Phi) is 7.22. The highest BCUT2D eigenvalue weighted by Crippen LogP contribution is 2.37. The third kappa shape index (κ3) is 4.35. The lowest BCUT2D eigenvalue weighted by Crippen LogP contribution is -2.37. The number of rotatable bonds is 3. The molecule has 0 radical (unpaired) electrons. The molecule has 0 fully saturated rings. The Morgan fingerprint density at radius 2 is 1.62 bits per heavy atom. The molecule has 0 aliphatic carbocycles. The van der Waals surface area contributed by atoms with Crippen molar-refractivity contribution in [3.63, 3.8) is 0 Å². The van der Waals surface area contributed by atoms with Gasteiger partial charge in [-0.25, -0.2) is 0 Å². The average molecular weight is 361 g/mol. The summed E-state index contributed by atoms with van der Waals surface area (Å²) in [5, 5.41) is 7.04. The molecule has 2 N–H and O–H groups in total. The SMILES string of the molecule is CCCC1C(=S)NC(c2ccc(Cl)cc2)c2ccccc21.CNC. The maximum atomic E-state index is 6.00. The van der Waals surface area contributed by atoms with Gasteiger partial charge in [-0.05, 0) is 49.3 Å². The molecule has 4 heteroatoms. The number of nitrogens with one attached hydrogen (secondary N) is 2. The van der Waals surface area contributed by atoms with Gasteiger partial charge in [0.05, 0.1) is 11.0 Å². The van der Waals surface area contributed by atoms with Crippen LogP contribution in [0.5, 0.6) is 0 Å². The molecule has 2 aromatic carbocycles. The number of benzene rings is 2. The highest BCUT2D eigenvalue weighted by molar-refractivity contribution is 7.80. The van der Waals surface area contributed by atoms with Crippen molar-refractivity contribution in [3.8, 4) is 0 Å². The predicted octanol–water partition coefficient (Wildman–Crippen LogP) is 5.08. The van der Waals surface area contributed by atoms with Crippen molar-refractivity contribution in [2.45, 2.75) is 31.7 Å². The Hall–Kier alpha value is -1.42. The highest BCUT2D eigenvalue weighted by Gasteiger charge is 2.30. The summed E-state index contributed by atoms with van der Waals surface area (Å²) in [6.45, 7) is 2.20. The Morgan fingerprint density at radius 3 is 2.21 bits per heavy atom. The van der Waals surface area contributed by atoms with Crippen LogP contribution in [0.2, 0.25) is 5.02 Å². The molecule has 2 atom stereocenters. The van der Waals surface area contributed by atoms with Crippen LogP contribution in [-0.2, 0) is 0 Å². The van der Waals surface area contributed by atoms with Crippen molar-refractivity contribution in [2.75, 3.05) is 14.1 Å². The zero-order valence-electron chi connectivity index (χ0n) is 14.5. The second-order valence-electron chi connectivity index (χ2n) is 5.96. The maximum Gasteiger partial charge on any atom is 0.0836 e. The molecule has 1 aliphatic rings. The van der Waals surface area contributed by atoms with Gasteiger partial charge in [0, 0.05) is 10.9 Å². The summed E-state index contributed by atoms with van der Waals surface area (Å²) in [5.41, 5.74) is 3.89. The highest BCUT2D eigenvalue weighted by atomic mass is 35.5. The number of halogens is 1. The molecular weight excluding hydrogens is 336 g/mol. The van der Waals surface area contributed by atoms with E-state index in [1.807, 2.05) is 26.2 Å². The van der Waals surface area contributed by atoms with Gasteiger partial charge in [0.25, 0.3) is 0 Å². The molecule has 0 aromatic heterocycles. The molecule has 2 unspecified atom stereocenters. The number of hydrogen-bond acceptors (Lipinski definition) is 2. The van der Waals surface area contributed by atoms with E-state index in [0.717, 1.165) is 22.9 Å². The van der Waals surface area contributed by atoms with Crippen LogP contribution in [0.25, 0.3) is 0 Å². The van der Waals surface area contributed by atoms with Crippen molar-refractivity contribution >= 4 is 28.8 Å². The van der Waals surface area contributed by atoms with Gasteiger partial charge in [-0.2, -0.15) is 0 Å². The first-order valence-corrected chi connectivity index (χ1v) is 9.14. The molecule has 0 saturated heterocycles. The van der Waals surface area contributed by atoms with Gasteiger partial charge in [-0.15, -0.1) is 0 Å². The Morgan fingerprint density at radius 1 is 1.04 bits per heavy atom. The predicted molar refractivity (Wildman–Crippen MR) is 108 cm³/mol. The molecule has 1 aliphatic heterocycles. The van der Waals surface area contributed by atoms with E-state index in [1.54, 1.807) is 0 Å². The lowest BCUT2D eigenvalue weighted by molar-refractivity contribution is 0.644. The fourth-order valence-electron chi connectivity index (χ4n) is 3.05. The van der Waals surface area contributed by atoms with Crippen molar-refractivity contribution in [1.82, 2.24) is 10.6 Å². The number of thiocarbonyl (C=S) groups is 1. The third-order valence-electron chi connectivity index (χ3n) is 4.07. The molecule has 0 bridgehead atoms. The van der Waals surface area contributed by atoms with Crippen LogP contribution in [0.4, 0.5) is 0 Å². The van der Waals surface area contributed by atoms with Crippen LogP contribution in [0.1, 0.15) is 48.4 Å². The number of fused-ring (bicyclic) bond motifs is 1. The van der Waals surface area contributed by atoms with E-state index in [2.05, 4.69) is 54.0 Å². The molecular formula is C20H25ClN2S. The molecule has 1 heterocycles. The smallest absolute Gasteiger partial charge is 0.0836 e. The normalized spacial score (nSPS) is 18.9. The molecule has 0 amide bonds. The summed E-state index contributed by atoms with van der Waals surface area (Å²) >= 11 is 11.6. The van der Waals surface area contributed by atoms with Gasteiger partial charge in [0.2, 0.25) is 0 Å². The minimum absolute atomic E-state index is 0.124. The zero-order chi connectivity index (χ0) is 17.5.